The summed E-state index contributed by atoms with van der Waals surface area (Å²) in [6, 6.07) is 0. The zero-order chi connectivity index (χ0) is 16.2. The lowest BCUT2D eigenvalue weighted by Crippen LogP contribution is -2.41. The van der Waals surface area contributed by atoms with Crippen molar-refractivity contribution in [1.29, 1.82) is 0 Å². The molecule has 0 aromatic carbocycles. The minimum absolute atomic E-state index is 0.267. The molecule has 1 fully saturated rings. The summed E-state index contributed by atoms with van der Waals surface area (Å²) < 4.78 is 24.9. The first kappa shape index (κ1) is 17.2. The highest BCUT2D eigenvalue weighted by molar-refractivity contribution is 7.89. The smallest absolute Gasteiger partial charge is 0.214 e. The minimum Gasteiger partial charge on any atom is -0.355 e. The van der Waals surface area contributed by atoms with Gasteiger partial charge < -0.3 is 10.6 Å². The van der Waals surface area contributed by atoms with Gasteiger partial charge in [-0.15, -0.1) is 11.3 Å². The number of nitrogens with one attached hydrogen (secondary N) is 2. The molecule has 22 heavy (non-hydrogen) atoms. The Morgan fingerprint density at radius 2 is 2.18 bits per heavy atom. The van der Waals surface area contributed by atoms with Gasteiger partial charge in [0.05, 0.1) is 18.0 Å². The summed E-state index contributed by atoms with van der Waals surface area (Å²) in [6.07, 6.45) is 0.720. The van der Waals surface area contributed by atoms with Crippen LogP contribution in [0.3, 0.4) is 0 Å². The van der Waals surface area contributed by atoms with Gasteiger partial charge in [-0.05, 0) is 20.3 Å². The molecular formula is C13H23N5O2S2. The zero-order valence-corrected chi connectivity index (χ0v) is 14.9. The Labute approximate surface area is 135 Å². The van der Waals surface area contributed by atoms with Crippen LogP contribution in [-0.2, 0) is 16.6 Å². The Bertz CT molecular complexity index is 619. The third-order valence-corrected chi connectivity index (χ3v) is 6.59. The summed E-state index contributed by atoms with van der Waals surface area (Å²) in [5.41, 5.74) is 1.06. The minimum atomic E-state index is -3.02. The lowest BCUT2D eigenvalue weighted by atomic mass is 10.4. The fourth-order valence-corrected chi connectivity index (χ4v) is 4.64. The van der Waals surface area contributed by atoms with Gasteiger partial charge in [0.25, 0.3) is 0 Å². The quantitative estimate of drug-likeness (QED) is 0.598. The second-order valence-electron chi connectivity index (χ2n) is 5.17. The van der Waals surface area contributed by atoms with E-state index in [1.54, 1.807) is 18.4 Å². The van der Waals surface area contributed by atoms with Gasteiger partial charge in [-0.1, -0.05) is 0 Å². The molecule has 0 aliphatic carbocycles. The molecule has 1 aliphatic rings. The van der Waals surface area contributed by atoms with Gasteiger partial charge >= 0.3 is 0 Å². The maximum atomic E-state index is 11.7. The van der Waals surface area contributed by atoms with Gasteiger partial charge in [-0.25, -0.2) is 17.7 Å². The Morgan fingerprint density at radius 1 is 1.41 bits per heavy atom. The average Bonchev–Trinajstić information content (AvgIpc) is 2.96. The predicted molar refractivity (Wildman–Crippen MR) is 89.8 cm³/mol. The second-order valence-corrected chi connectivity index (χ2v) is 8.55. The molecule has 0 bridgehead atoms. The molecule has 1 saturated heterocycles. The molecule has 1 aromatic heterocycles. The number of nitrogens with zero attached hydrogens (tertiary/aromatic N) is 3. The molecule has 0 radical (unpaired) electrons. The van der Waals surface area contributed by atoms with Crippen LogP contribution in [0.1, 0.15) is 22.0 Å². The summed E-state index contributed by atoms with van der Waals surface area (Å²) in [4.78, 5) is 9.82. The Kier molecular flexibility index (Phi) is 5.76. The van der Waals surface area contributed by atoms with E-state index in [0.717, 1.165) is 17.1 Å². The van der Waals surface area contributed by atoms with Crippen LogP contribution < -0.4 is 10.6 Å². The monoisotopic (exact) mass is 345 g/mol. The van der Waals surface area contributed by atoms with E-state index in [-0.39, 0.29) is 5.75 Å². The van der Waals surface area contributed by atoms with Crippen molar-refractivity contribution in [3.8, 4) is 0 Å². The Morgan fingerprint density at radius 3 is 2.73 bits per heavy atom. The van der Waals surface area contributed by atoms with Gasteiger partial charge in [0.2, 0.25) is 10.0 Å². The van der Waals surface area contributed by atoms with E-state index in [2.05, 4.69) is 27.5 Å². The van der Waals surface area contributed by atoms with E-state index in [9.17, 15) is 8.42 Å². The molecule has 0 spiro atoms. The maximum Gasteiger partial charge on any atom is 0.214 e. The van der Waals surface area contributed by atoms with E-state index < -0.39 is 10.0 Å². The normalized spacial score (nSPS) is 18.6. The summed E-state index contributed by atoms with van der Waals surface area (Å²) in [6.45, 7) is 6.29. The molecular weight excluding hydrogens is 322 g/mol. The van der Waals surface area contributed by atoms with Crippen molar-refractivity contribution in [2.75, 3.05) is 32.4 Å². The van der Waals surface area contributed by atoms with Crippen molar-refractivity contribution >= 4 is 27.3 Å². The first-order valence-corrected chi connectivity index (χ1v) is 9.70. The topological polar surface area (TPSA) is 86.7 Å². The van der Waals surface area contributed by atoms with Crippen LogP contribution >= 0.6 is 11.3 Å². The molecule has 1 aromatic rings. The molecule has 0 saturated carbocycles. The van der Waals surface area contributed by atoms with Gasteiger partial charge in [-0.2, -0.15) is 0 Å². The maximum absolute atomic E-state index is 11.7. The van der Waals surface area contributed by atoms with Crippen LogP contribution in [0.4, 0.5) is 0 Å². The highest BCUT2D eigenvalue weighted by Crippen LogP contribution is 2.15. The molecule has 0 unspecified atom stereocenters. The number of rotatable bonds is 5. The Hall–Kier alpha value is -1.19. The van der Waals surface area contributed by atoms with Crippen LogP contribution in [0.15, 0.2) is 4.99 Å². The number of aryl methyl sites for hydroxylation is 2. The van der Waals surface area contributed by atoms with Crippen molar-refractivity contribution in [2.45, 2.75) is 26.8 Å². The highest BCUT2D eigenvalue weighted by Gasteiger charge is 2.27. The summed E-state index contributed by atoms with van der Waals surface area (Å²) in [5.74, 6) is 0.921. The third-order valence-electron chi connectivity index (χ3n) is 3.56. The molecule has 2 N–H and O–H groups in total. The number of guanidine groups is 1. The second kappa shape index (κ2) is 7.38. The van der Waals surface area contributed by atoms with Crippen LogP contribution in [0.25, 0.3) is 0 Å². The van der Waals surface area contributed by atoms with E-state index in [1.165, 1.54) is 9.18 Å². The highest BCUT2D eigenvalue weighted by atomic mass is 32.2. The molecule has 0 amide bonds. The molecule has 9 heteroatoms. The largest absolute Gasteiger partial charge is 0.355 e. The predicted octanol–water partition coefficient (Wildman–Crippen LogP) is 0.460. The first-order valence-electron chi connectivity index (χ1n) is 7.27. The molecule has 124 valence electrons. The standard InChI is InChI=1S/C13H23N5O2S2/c1-10-11(2)21-12(17-10)9-16-13(14-3)15-5-7-18-6-4-8-22(18,19)20/h4-9H2,1-3H3,(H2,14,15,16). The fraction of sp³-hybridized carbons (Fsp3) is 0.692. The van der Waals surface area contributed by atoms with E-state index in [1.807, 2.05) is 6.92 Å². The molecule has 2 heterocycles. The van der Waals surface area contributed by atoms with Gasteiger partial charge in [-0.3, -0.25) is 4.99 Å². The van der Waals surface area contributed by atoms with Crippen LogP contribution in [0.2, 0.25) is 0 Å². The number of hydrogen-bond donors (Lipinski definition) is 2. The van der Waals surface area contributed by atoms with E-state index in [4.69, 9.17) is 0 Å². The van der Waals surface area contributed by atoms with Gasteiger partial charge in [0, 0.05) is 31.6 Å². The number of hydrogen-bond acceptors (Lipinski definition) is 5. The van der Waals surface area contributed by atoms with Crippen molar-refractivity contribution in [3.05, 3.63) is 15.6 Å². The average molecular weight is 345 g/mol. The number of sulfonamides is 1. The molecule has 1 aliphatic heterocycles. The van der Waals surface area contributed by atoms with Crippen molar-refractivity contribution < 1.29 is 8.42 Å². The number of aromatic nitrogens is 1. The zero-order valence-electron chi connectivity index (χ0n) is 13.2. The lowest BCUT2D eigenvalue weighted by molar-refractivity contribution is 0.445. The van der Waals surface area contributed by atoms with Crippen molar-refractivity contribution in [3.63, 3.8) is 0 Å². The van der Waals surface area contributed by atoms with Crippen molar-refractivity contribution in [1.82, 2.24) is 19.9 Å². The van der Waals surface area contributed by atoms with E-state index in [0.29, 0.717) is 32.1 Å². The lowest BCUT2D eigenvalue weighted by Gasteiger charge is -2.16. The third kappa shape index (κ3) is 4.40. The van der Waals surface area contributed by atoms with Crippen LogP contribution in [-0.4, -0.2) is 56.1 Å². The Balaban J connectivity index is 1.76. The summed E-state index contributed by atoms with van der Waals surface area (Å²) in [7, 11) is -1.33. The fourth-order valence-electron chi connectivity index (χ4n) is 2.24. The summed E-state index contributed by atoms with van der Waals surface area (Å²) >= 11 is 1.67. The van der Waals surface area contributed by atoms with Gasteiger partial charge in [0.15, 0.2) is 5.96 Å². The van der Waals surface area contributed by atoms with E-state index >= 15 is 0 Å². The summed E-state index contributed by atoms with van der Waals surface area (Å²) in [5, 5.41) is 7.34. The van der Waals surface area contributed by atoms with Gasteiger partial charge in [0.1, 0.15) is 5.01 Å². The van der Waals surface area contributed by atoms with Crippen molar-refractivity contribution in [2.24, 2.45) is 4.99 Å². The number of aliphatic imine (C=N–C) groups is 1. The SMILES string of the molecule is CN=C(NCCN1CCCS1(=O)=O)NCc1nc(C)c(C)s1. The molecule has 2 rings (SSSR count). The molecule has 7 nitrogen and oxygen atoms in total. The van der Waals surface area contributed by atoms with Crippen LogP contribution in [0.5, 0.6) is 0 Å². The number of thiazole rings is 1. The first-order chi connectivity index (χ1) is 10.4. The molecule has 0 atom stereocenters. The van der Waals surface area contributed by atoms with Crippen LogP contribution in [0, 0.1) is 13.8 Å².